The molecule has 2 unspecified atom stereocenters. The van der Waals surface area contributed by atoms with E-state index in [0.29, 0.717) is 19.4 Å². The number of aliphatic hydroxyl groups excluding tert-OH is 2. The van der Waals surface area contributed by atoms with Crippen LogP contribution in [0.2, 0.25) is 0 Å². The van der Waals surface area contributed by atoms with Crippen LogP contribution in [0, 0.1) is 0 Å². The highest BCUT2D eigenvalue weighted by Crippen LogP contribution is 2.18. The first-order valence-electron chi connectivity index (χ1n) is 34.9. The molecule has 78 heavy (non-hydrogen) atoms. The zero-order valence-electron chi connectivity index (χ0n) is 52.4. The molecule has 0 aromatic rings. The van der Waals surface area contributed by atoms with Gasteiger partial charge in [-0.3, -0.25) is 9.59 Å². The van der Waals surface area contributed by atoms with Crippen LogP contribution in [-0.2, 0) is 14.3 Å². The third-order valence-electron chi connectivity index (χ3n) is 16.1. The molecule has 1 amide bonds. The number of carbonyl (C=O) groups excluding carboxylic acids is 2. The molecule has 0 aliphatic rings. The molecule has 0 saturated heterocycles. The molecule has 0 spiro atoms. The van der Waals surface area contributed by atoms with Crippen molar-refractivity contribution in [2.45, 2.75) is 386 Å². The zero-order valence-corrected chi connectivity index (χ0v) is 52.4. The first-order valence-corrected chi connectivity index (χ1v) is 34.9. The average molecular weight is 1090 g/mol. The summed E-state index contributed by atoms with van der Waals surface area (Å²) < 4.78 is 5.49. The topological polar surface area (TPSA) is 95.9 Å². The van der Waals surface area contributed by atoms with Gasteiger partial charge in [0.25, 0.3) is 0 Å². The van der Waals surface area contributed by atoms with Crippen LogP contribution in [0.3, 0.4) is 0 Å². The molecule has 0 heterocycles. The van der Waals surface area contributed by atoms with Gasteiger partial charge in [-0.25, -0.2) is 0 Å². The van der Waals surface area contributed by atoms with E-state index in [1.54, 1.807) is 6.08 Å². The Morgan fingerprint density at radius 2 is 0.641 bits per heavy atom. The number of nitrogens with one attached hydrogen (secondary N) is 1. The third-order valence-corrected chi connectivity index (χ3v) is 16.1. The van der Waals surface area contributed by atoms with Crippen LogP contribution in [-0.4, -0.2) is 47.4 Å². The van der Waals surface area contributed by atoms with Gasteiger partial charge in [0.05, 0.1) is 25.4 Å². The predicted octanol–water partition coefficient (Wildman–Crippen LogP) is 22.5. The summed E-state index contributed by atoms with van der Waals surface area (Å²) >= 11 is 0. The molecule has 0 aliphatic carbocycles. The summed E-state index contributed by atoms with van der Waals surface area (Å²) in [6.45, 7) is 4.90. The van der Waals surface area contributed by atoms with Crippen molar-refractivity contribution in [2.75, 3.05) is 13.2 Å². The van der Waals surface area contributed by atoms with Crippen LogP contribution in [0.4, 0.5) is 0 Å². The van der Waals surface area contributed by atoms with Crippen LogP contribution < -0.4 is 5.32 Å². The fourth-order valence-corrected chi connectivity index (χ4v) is 10.7. The highest BCUT2D eigenvalue weighted by molar-refractivity contribution is 5.76. The molecular formula is C72H135NO5. The van der Waals surface area contributed by atoms with Gasteiger partial charge < -0.3 is 20.3 Å². The van der Waals surface area contributed by atoms with Crippen LogP contribution in [0.5, 0.6) is 0 Å². The fraction of sp³-hybridized carbons (Fsp3) is 0.861. The summed E-state index contributed by atoms with van der Waals surface area (Å²) in [6.07, 6.45) is 87.5. The second-order valence-electron chi connectivity index (χ2n) is 23.9. The number of aliphatic hydroxyl groups is 2. The van der Waals surface area contributed by atoms with Crippen molar-refractivity contribution in [2.24, 2.45) is 0 Å². The first kappa shape index (κ1) is 75.8. The molecule has 0 saturated carbocycles. The Kier molecular flexibility index (Phi) is 65.4. The van der Waals surface area contributed by atoms with E-state index in [4.69, 9.17) is 4.74 Å². The molecule has 0 aromatic heterocycles. The average Bonchev–Trinajstić information content (AvgIpc) is 3.44. The Labute approximate surface area is 486 Å². The number of hydrogen-bond acceptors (Lipinski definition) is 5. The second kappa shape index (κ2) is 67.3. The van der Waals surface area contributed by atoms with E-state index in [0.717, 1.165) is 57.8 Å². The van der Waals surface area contributed by atoms with E-state index in [-0.39, 0.29) is 18.5 Å². The van der Waals surface area contributed by atoms with Gasteiger partial charge in [-0.1, -0.05) is 319 Å². The zero-order chi connectivity index (χ0) is 56.4. The largest absolute Gasteiger partial charge is 0.466 e. The minimum Gasteiger partial charge on any atom is -0.466 e. The van der Waals surface area contributed by atoms with Gasteiger partial charge in [-0.05, 0) is 89.9 Å². The molecular weight excluding hydrogens is 959 g/mol. The minimum atomic E-state index is -0.850. The van der Waals surface area contributed by atoms with Gasteiger partial charge in [0.2, 0.25) is 5.91 Å². The summed E-state index contributed by atoms with van der Waals surface area (Å²) in [5, 5.41) is 23.2. The molecule has 0 rings (SSSR count). The molecule has 0 aromatic carbocycles. The van der Waals surface area contributed by atoms with Gasteiger partial charge in [-0.2, -0.15) is 0 Å². The Balaban J connectivity index is 3.44. The van der Waals surface area contributed by atoms with E-state index >= 15 is 0 Å². The Hall–Kier alpha value is -2.18. The van der Waals surface area contributed by atoms with Crippen LogP contribution in [0.15, 0.2) is 48.6 Å². The van der Waals surface area contributed by atoms with Crippen molar-refractivity contribution in [3.63, 3.8) is 0 Å². The second-order valence-corrected chi connectivity index (χ2v) is 23.9. The minimum absolute atomic E-state index is 0.00343. The predicted molar refractivity (Wildman–Crippen MR) is 342 cm³/mol. The Morgan fingerprint density at radius 3 is 1.01 bits per heavy atom. The number of ether oxygens (including phenoxy) is 1. The molecule has 0 aliphatic heterocycles. The normalized spacial score (nSPS) is 12.8. The molecule has 3 N–H and O–H groups in total. The number of rotatable bonds is 65. The standard InChI is InChI=1S/C72H135NO5/c1-3-5-7-9-11-13-15-17-19-21-22-26-29-33-36-40-44-48-52-56-60-64-70(75)69(68-74)73-71(76)65-61-57-53-49-45-41-37-34-30-27-24-23-25-28-31-35-39-43-47-51-55-59-63-67-78-72(77)66-62-58-54-50-46-42-38-32-20-18-16-14-12-10-8-6-4-2/h12,14,18,20,27,30,60,64,69-70,74-75H,3-11,13,15-17,19,21-26,28-29,31-59,61-63,65-68H2,1-2H3,(H,73,76)/b14-12-,20-18-,30-27-,64-60+. The van der Waals surface area contributed by atoms with Crippen molar-refractivity contribution in [3.05, 3.63) is 48.6 Å². The van der Waals surface area contributed by atoms with Gasteiger partial charge in [0, 0.05) is 12.8 Å². The maximum Gasteiger partial charge on any atom is 0.305 e. The van der Waals surface area contributed by atoms with Gasteiger partial charge in [0.15, 0.2) is 0 Å². The van der Waals surface area contributed by atoms with Crippen molar-refractivity contribution >= 4 is 11.9 Å². The fourth-order valence-electron chi connectivity index (χ4n) is 10.7. The highest BCUT2D eigenvalue weighted by atomic mass is 16.5. The van der Waals surface area contributed by atoms with E-state index in [2.05, 4.69) is 55.6 Å². The number of amides is 1. The van der Waals surface area contributed by atoms with E-state index in [9.17, 15) is 19.8 Å². The van der Waals surface area contributed by atoms with Gasteiger partial charge in [-0.15, -0.1) is 0 Å². The lowest BCUT2D eigenvalue weighted by Gasteiger charge is -2.20. The Bertz CT molecular complexity index is 1310. The lowest BCUT2D eigenvalue weighted by molar-refractivity contribution is -0.143. The van der Waals surface area contributed by atoms with Crippen molar-refractivity contribution in [1.29, 1.82) is 0 Å². The van der Waals surface area contributed by atoms with E-state index in [1.807, 2.05) is 6.08 Å². The summed E-state index contributed by atoms with van der Waals surface area (Å²) in [5.41, 5.74) is 0. The van der Waals surface area contributed by atoms with Crippen molar-refractivity contribution < 1.29 is 24.5 Å². The SMILES string of the molecule is CCCCC/C=C\C/C=C\CCCCCCCCCC(=O)OCCCCCCCCCCCCCC/C=C\CCCCCCCCCC(=O)NC(CO)C(O)/C=C/CCCCCCCCCCCCCCCCCCCCC. The van der Waals surface area contributed by atoms with E-state index < -0.39 is 12.1 Å². The van der Waals surface area contributed by atoms with Crippen molar-refractivity contribution in [3.8, 4) is 0 Å². The highest BCUT2D eigenvalue weighted by Gasteiger charge is 2.18. The number of esters is 1. The van der Waals surface area contributed by atoms with Crippen LogP contribution in [0.1, 0.15) is 373 Å². The first-order chi connectivity index (χ1) is 38.5. The summed E-state index contributed by atoms with van der Waals surface area (Å²) in [5.74, 6) is -0.0681. The Morgan fingerprint density at radius 1 is 0.359 bits per heavy atom. The molecule has 458 valence electrons. The lowest BCUT2D eigenvalue weighted by atomic mass is 10.0. The number of hydrogen-bond donors (Lipinski definition) is 3. The maximum atomic E-state index is 12.5. The molecule has 0 bridgehead atoms. The summed E-state index contributed by atoms with van der Waals surface area (Å²) in [6, 6.07) is -0.634. The smallest absolute Gasteiger partial charge is 0.305 e. The summed E-state index contributed by atoms with van der Waals surface area (Å²) in [4.78, 5) is 24.6. The monoisotopic (exact) mass is 1090 g/mol. The van der Waals surface area contributed by atoms with Crippen molar-refractivity contribution in [1.82, 2.24) is 5.32 Å². The number of unbranched alkanes of at least 4 members (excludes halogenated alkanes) is 48. The lowest BCUT2D eigenvalue weighted by Crippen LogP contribution is -2.45. The van der Waals surface area contributed by atoms with Gasteiger partial charge in [0.1, 0.15) is 0 Å². The maximum absolute atomic E-state index is 12.5. The molecule has 0 radical (unpaired) electrons. The molecule has 6 nitrogen and oxygen atoms in total. The molecule has 0 fully saturated rings. The van der Waals surface area contributed by atoms with Crippen LogP contribution in [0.25, 0.3) is 0 Å². The third kappa shape index (κ3) is 63.0. The molecule has 6 heteroatoms. The quantitative estimate of drug-likeness (QED) is 0.0320. The number of allylic oxidation sites excluding steroid dienone is 7. The van der Waals surface area contributed by atoms with Crippen LogP contribution >= 0.6 is 0 Å². The van der Waals surface area contributed by atoms with Gasteiger partial charge >= 0.3 is 5.97 Å². The van der Waals surface area contributed by atoms with E-state index in [1.165, 1.54) is 289 Å². The molecule has 2 atom stereocenters. The summed E-state index contributed by atoms with van der Waals surface area (Å²) in [7, 11) is 0. The number of carbonyl (C=O) groups is 2.